The van der Waals surface area contributed by atoms with Crippen LogP contribution < -0.4 is 0 Å². The molecule has 0 aliphatic heterocycles. The average molecular weight is 332 g/mol. The Kier molecular flexibility index (Phi) is 4.26. The van der Waals surface area contributed by atoms with Crippen molar-refractivity contribution in [2.24, 2.45) is 0 Å². The van der Waals surface area contributed by atoms with Gasteiger partial charge in [-0.25, -0.2) is 4.39 Å². The van der Waals surface area contributed by atoms with Crippen LogP contribution in [-0.4, -0.2) is 0 Å². The molecular weight excluding hydrogens is 327 g/mol. The Hall–Kier alpha value is -0.910. The lowest BCUT2D eigenvalue weighted by Gasteiger charge is -2.07. The second-order valence-corrected chi connectivity index (χ2v) is 4.44. The largest absolute Gasteiger partial charge is 0.205 e. The topological polar surface area (TPSA) is 47.6 Å². The summed E-state index contributed by atoms with van der Waals surface area (Å²) < 4.78 is 14.5. The van der Waals surface area contributed by atoms with Crippen LogP contribution in [0.1, 0.15) is 11.1 Å². The summed E-state index contributed by atoms with van der Waals surface area (Å²) in [5, 5.41) is 17.1. The molecule has 0 N–H and O–H groups in total. The first-order chi connectivity index (χ1) is 7.11. The minimum atomic E-state index is -0.476. The van der Waals surface area contributed by atoms with Gasteiger partial charge in [0.1, 0.15) is 5.82 Å². The van der Waals surface area contributed by atoms with Crippen LogP contribution in [-0.2, 0) is 12.8 Å². The highest BCUT2D eigenvalue weighted by Gasteiger charge is 2.14. The first-order valence-corrected chi connectivity index (χ1v) is 5.59. The quantitative estimate of drug-likeness (QED) is 0.779. The van der Waals surface area contributed by atoms with Crippen molar-refractivity contribution in [3.05, 3.63) is 32.0 Å². The number of hydrogen-bond donors (Lipinski definition) is 0. The molecule has 0 bridgehead atoms. The molecule has 0 saturated heterocycles. The third kappa shape index (κ3) is 2.56. The molecule has 0 atom stereocenters. The van der Waals surface area contributed by atoms with E-state index < -0.39 is 5.82 Å². The Morgan fingerprint density at radius 2 is 1.80 bits per heavy atom. The monoisotopic (exact) mass is 330 g/mol. The van der Waals surface area contributed by atoms with E-state index in [1.165, 1.54) is 0 Å². The second-order valence-electron chi connectivity index (χ2n) is 2.79. The molecule has 76 valence electrons. The van der Waals surface area contributed by atoms with E-state index in [2.05, 4.69) is 31.9 Å². The smallest absolute Gasteiger partial charge is 0.143 e. The van der Waals surface area contributed by atoms with Crippen molar-refractivity contribution >= 4 is 31.9 Å². The molecule has 15 heavy (non-hydrogen) atoms. The highest BCUT2D eigenvalue weighted by molar-refractivity contribution is 9.11. The fourth-order valence-corrected chi connectivity index (χ4v) is 2.22. The predicted molar refractivity (Wildman–Crippen MR) is 60.4 cm³/mol. The molecule has 0 radical (unpaired) electrons. The van der Waals surface area contributed by atoms with E-state index in [0.29, 0.717) is 15.6 Å². The summed E-state index contributed by atoms with van der Waals surface area (Å²) >= 11 is 6.26. The number of rotatable bonds is 2. The van der Waals surface area contributed by atoms with Gasteiger partial charge in [-0.3, -0.25) is 0 Å². The number of nitriles is 2. The molecule has 0 spiro atoms. The van der Waals surface area contributed by atoms with E-state index in [9.17, 15) is 4.39 Å². The molecule has 0 amide bonds. The molecule has 0 aromatic heterocycles. The zero-order valence-corrected chi connectivity index (χ0v) is 10.7. The van der Waals surface area contributed by atoms with E-state index in [4.69, 9.17) is 10.5 Å². The Labute approximate surface area is 104 Å². The van der Waals surface area contributed by atoms with Gasteiger partial charge in [-0.1, -0.05) is 15.9 Å². The highest BCUT2D eigenvalue weighted by Crippen LogP contribution is 2.30. The highest BCUT2D eigenvalue weighted by atomic mass is 79.9. The van der Waals surface area contributed by atoms with E-state index in [1.807, 2.05) is 12.1 Å². The Morgan fingerprint density at radius 3 is 2.33 bits per heavy atom. The minimum absolute atomic E-state index is 0.00213. The van der Waals surface area contributed by atoms with Crippen molar-refractivity contribution in [3.8, 4) is 12.1 Å². The standard InChI is InChI=1S/C10H5Br2FN2/c11-8-5-6(1-3-14)9(12)10(13)7(8)2-4-15/h5H,1-2H2. The lowest BCUT2D eigenvalue weighted by Crippen LogP contribution is -1.97. The van der Waals surface area contributed by atoms with Gasteiger partial charge in [-0.05, 0) is 27.6 Å². The lowest BCUT2D eigenvalue weighted by molar-refractivity contribution is 0.605. The molecule has 0 unspecified atom stereocenters. The lowest BCUT2D eigenvalue weighted by atomic mass is 10.1. The molecule has 1 aromatic carbocycles. The summed E-state index contributed by atoms with van der Waals surface area (Å²) in [7, 11) is 0. The fraction of sp³-hybridized carbons (Fsp3) is 0.200. The van der Waals surface area contributed by atoms with Crippen molar-refractivity contribution < 1.29 is 4.39 Å². The summed E-state index contributed by atoms with van der Waals surface area (Å²) in [5.74, 6) is -0.476. The van der Waals surface area contributed by atoms with Gasteiger partial charge in [0.15, 0.2) is 0 Å². The number of halogens is 3. The van der Waals surface area contributed by atoms with Crippen LogP contribution in [0.4, 0.5) is 4.39 Å². The van der Waals surface area contributed by atoms with Crippen LogP contribution >= 0.6 is 31.9 Å². The third-order valence-corrected chi connectivity index (χ3v) is 3.42. The van der Waals surface area contributed by atoms with E-state index in [1.54, 1.807) is 6.07 Å². The Bertz CT molecular complexity index is 472. The Balaban J connectivity index is 3.33. The number of nitrogens with zero attached hydrogens (tertiary/aromatic N) is 2. The van der Waals surface area contributed by atoms with Gasteiger partial charge >= 0.3 is 0 Å². The van der Waals surface area contributed by atoms with Crippen molar-refractivity contribution in [3.63, 3.8) is 0 Å². The van der Waals surface area contributed by atoms with Crippen LogP contribution in [0.25, 0.3) is 0 Å². The zero-order valence-electron chi connectivity index (χ0n) is 7.52. The molecule has 0 saturated carbocycles. The SMILES string of the molecule is N#CCc1cc(Br)c(CC#N)c(F)c1Br. The van der Waals surface area contributed by atoms with Crippen LogP contribution in [0.2, 0.25) is 0 Å². The molecule has 0 heterocycles. The minimum Gasteiger partial charge on any atom is -0.205 e. The van der Waals surface area contributed by atoms with Gasteiger partial charge in [0, 0.05) is 10.0 Å². The second kappa shape index (κ2) is 5.25. The molecule has 1 rings (SSSR count). The Morgan fingerprint density at radius 1 is 1.20 bits per heavy atom. The van der Waals surface area contributed by atoms with Crippen LogP contribution in [0, 0.1) is 28.5 Å². The van der Waals surface area contributed by atoms with Gasteiger partial charge in [-0.2, -0.15) is 10.5 Å². The van der Waals surface area contributed by atoms with Crippen LogP contribution in [0.15, 0.2) is 15.0 Å². The average Bonchev–Trinajstić information content (AvgIpc) is 2.21. The van der Waals surface area contributed by atoms with Gasteiger partial charge in [0.25, 0.3) is 0 Å². The van der Waals surface area contributed by atoms with Gasteiger partial charge in [-0.15, -0.1) is 0 Å². The van der Waals surface area contributed by atoms with Crippen molar-refractivity contribution in [2.75, 3.05) is 0 Å². The summed E-state index contributed by atoms with van der Waals surface area (Å²) in [5.41, 5.74) is 0.884. The van der Waals surface area contributed by atoms with E-state index in [0.717, 1.165) is 0 Å². The van der Waals surface area contributed by atoms with E-state index in [-0.39, 0.29) is 17.3 Å². The maximum absolute atomic E-state index is 13.7. The fourth-order valence-electron chi connectivity index (χ4n) is 1.14. The van der Waals surface area contributed by atoms with Crippen LogP contribution in [0.5, 0.6) is 0 Å². The third-order valence-electron chi connectivity index (χ3n) is 1.85. The van der Waals surface area contributed by atoms with Crippen molar-refractivity contribution in [1.82, 2.24) is 0 Å². The van der Waals surface area contributed by atoms with Gasteiger partial charge in [0.05, 0.1) is 29.5 Å². The molecular formula is C10H5Br2FN2. The molecule has 1 aromatic rings. The molecule has 0 fully saturated rings. The normalized spacial score (nSPS) is 9.40. The first-order valence-electron chi connectivity index (χ1n) is 4.01. The number of benzene rings is 1. The first kappa shape index (κ1) is 12.2. The zero-order chi connectivity index (χ0) is 11.4. The maximum atomic E-state index is 13.7. The number of hydrogen-bond acceptors (Lipinski definition) is 2. The summed E-state index contributed by atoms with van der Waals surface area (Å²) in [4.78, 5) is 0. The van der Waals surface area contributed by atoms with Crippen LogP contribution in [0.3, 0.4) is 0 Å². The summed E-state index contributed by atoms with van der Waals surface area (Å²) in [6.45, 7) is 0. The molecule has 2 nitrogen and oxygen atoms in total. The molecule has 5 heteroatoms. The maximum Gasteiger partial charge on any atom is 0.143 e. The van der Waals surface area contributed by atoms with E-state index >= 15 is 0 Å². The summed E-state index contributed by atoms with van der Waals surface area (Å²) in [6, 6.07) is 5.49. The van der Waals surface area contributed by atoms with Crippen molar-refractivity contribution in [2.45, 2.75) is 12.8 Å². The van der Waals surface area contributed by atoms with Gasteiger partial charge < -0.3 is 0 Å². The summed E-state index contributed by atoms with van der Waals surface area (Å²) in [6.07, 6.45) is 0.126. The predicted octanol–water partition coefficient (Wildman–Crippen LogP) is 3.48. The molecule has 0 aliphatic rings. The van der Waals surface area contributed by atoms with Crippen molar-refractivity contribution in [1.29, 1.82) is 10.5 Å². The van der Waals surface area contributed by atoms with Gasteiger partial charge in [0.2, 0.25) is 0 Å². The molecule has 0 aliphatic carbocycles.